The Morgan fingerprint density at radius 3 is 2.89 bits per heavy atom. The predicted molar refractivity (Wildman–Crippen MR) is 71.1 cm³/mol. The first-order valence-electron chi connectivity index (χ1n) is 6.84. The van der Waals surface area contributed by atoms with Gasteiger partial charge in [0.2, 0.25) is 5.91 Å². The van der Waals surface area contributed by atoms with Crippen LogP contribution < -0.4 is 5.32 Å². The highest BCUT2D eigenvalue weighted by Gasteiger charge is 2.29. The third kappa shape index (κ3) is 2.15. The number of benzene rings is 1. The Labute approximate surface area is 108 Å². The van der Waals surface area contributed by atoms with Crippen LogP contribution in [0.1, 0.15) is 36.0 Å². The SMILES string of the molecule is Cc1ccc2c(c1)CN(C(=O)[C@@H]1CCCCN1)C2. The van der Waals surface area contributed by atoms with Crippen LogP contribution in [0.15, 0.2) is 18.2 Å². The zero-order valence-electron chi connectivity index (χ0n) is 10.9. The summed E-state index contributed by atoms with van der Waals surface area (Å²) in [5.74, 6) is 0.281. The molecule has 0 aromatic heterocycles. The van der Waals surface area contributed by atoms with Gasteiger partial charge in [0.05, 0.1) is 6.04 Å². The smallest absolute Gasteiger partial charge is 0.240 e. The van der Waals surface area contributed by atoms with Crippen molar-refractivity contribution in [3.05, 3.63) is 34.9 Å². The first kappa shape index (κ1) is 11.7. The number of nitrogens with one attached hydrogen (secondary N) is 1. The van der Waals surface area contributed by atoms with Crippen molar-refractivity contribution < 1.29 is 4.79 Å². The van der Waals surface area contributed by atoms with Crippen LogP contribution in [0.3, 0.4) is 0 Å². The van der Waals surface area contributed by atoms with E-state index < -0.39 is 0 Å². The Morgan fingerprint density at radius 2 is 2.11 bits per heavy atom. The van der Waals surface area contributed by atoms with Gasteiger partial charge in [-0.1, -0.05) is 30.2 Å². The highest BCUT2D eigenvalue weighted by Crippen LogP contribution is 2.25. The maximum absolute atomic E-state index is 12.4. The lowest BCUT2D eigenvalue weighted by molar-refractivity contribution is -0.134. The second-order valence-electron chi connectivity index (χ2n) is 5.47. The molecule has 3 nitrogen and oxygen atoms in total. The highest BCUT2D eigenvalue weighted by atomic mass is 16.2. The zero-order valence-corrected chi connectivity index (χ0v) is 10.9. The number of carbonyl (C=O) groups excluding carboxylic acids is 1. The number of carbonyl (C=O) groups is 1. The lowest BCUT2D eigenvalue weighted by Crippen LogP contribution is -2.46. The molecule has 2 heterocycles. The van der Waals surface area contributed by atoms with Gasteiger partial charge in [-0.05, 0) is 37.4 Å². The summed E-state index contributed by atoms with van der Waals surface area (Å²) in [6.45, 7) is 4.66. The fourth-order valence-corrected chi connectivity index (χ4v) is 2.96. The van der Waals surface area contributed by atoms with Crippen LogP contribution in [-0.4, -0.2) is 23.4 Å². The van der Waals surface area contributed by atoms with Gasteiger partial charge in [0.15, 0.2) is 0 Å². The number of aryl methyl sites for hydroxylation is 1. The van der Waals surface area contributed by atoms with Crippen molar-refractivity contribution in [3.63, 3.8) is 0 Å². The molecule has 96 valence electrons. The molecular formula is C15H20N2O. The van der Waals surface area contributed by atoms with E-state index in [9.17, 15) is 4.79 Å². The number of fused-ring (bicyclic) bond motifs is 1. The van der Waals surface area contributed by atoms with Crippen molar-refractivity contribution in [2.24, 2.45) is 0 Å². The minimum Gasteiger partial charge on any atom is -0.333 e. The van der Waals surface area contributed by atoms with Gasteiger partial charge in [-0.15, -0.1) is 0 Å². The normalized spacial score (nSPS) is 22.9. The van der Waals surface area contributed by atoms with Crippen molar-refractivity contribution in [1.82, 2.24) is 10.2 Å². The minimum atomic E-state index is 0.0501. The van der Waals surface area contributed by atoms with E-state index in [4.69, 9.17) is 0 Å². The number of hydrogen-bond donors (Lipinski definition) is 1. The highest BCUT2D eigenvalue weighted by molar-refractivity contribution is 5.82. The molecule has 18 heavy (non-hydrogen) atoms. The first-order chi connectivity index (χ1) is 8.74. The Morgan fingerprint density at radius 1 is 1.28 bits per heavy atom. The monoisotopic (exact) mass is 244 g/mol. The fourth-order valence-electron chi connectivity index (χ4n) is 2.96. The van der Waals surface area contributed by atoms with Gasteiger partial charge in [-0.25, -0.2) is 0 Å². The second kappa shape index (κ2) is 4.73. The summed E-state index contributed by atoms with van der Waals surface area (Å²) >= 11 is 0. The van der Waals surface area contributed by atoms with Crippen LogP contribution >= 0.6 is 0 Å². The summed E-state index contributed by atoms with van der Waals surface area (Å²) in [5, 5.41) is 3.34. The second-order valence-corrected chi connectivity index (χ2v) is 5.47. The van der Waals surface area contributed by atoms with Gasteiger partial charge in [-0.3, -0.25) is 4.79 Å². The fraction of sp³-hybridized carbons (Fsp3) is 0.533. The maximum Gasteiger partial charge on any atom is 0.240 e. The van der Waals surface area contributed by atoms with Gasteiger partial charge in [0.25, 0.3) is 0 Å². The molecule has 0 aliphatic carbocycles. The molecule has 2 aliphatic rings. The van der Waals surface area contributed by atoms with Crippen molar-refractivity contribution >= 4 is 5.91 Å². The molecule has 1 aromatic rings. The molecule has 1 amide bonds. The number of rotatable bonds is 1. The van der Waals surface area contributed by atoms with E-state index in [0.717, 1.165) is 26.1 Å². The van der Waals surface area contributed by atoms with Crippen LogP contribution in [0.5, 0.6) is 0 Å². The number of hydrogen-bond acceptors (Lipinski definition) is 2. The lowest BCUT2D eigenvalue weighted by atomic mass is 10.0. The third-order valence-corrected chi connectivity index (χ3v) is 4.00. The van der Waals surface area contributed by atoms with Gasteiger partial charge >= 0.3 is 0 Å². The largest absolute Gasteiger partial charge is 0.333 e. The Kier molecular flexibility index (Phi) is 3.08. The number of amides is 1. The molecule has 2 aliphatic heterocycles. The van der Waals surface area contributed by atoms with E-state index in [0.29, 0.717) is 0 Å². The zero-order chi connectivity index (χ0) is 12.5. The van der Waals surface area contributed by atoms with Gasteiger partial charge < -0.3 is 10.2 Å². The average Bonchev–Trinajstić information content (AvgIpc) is 2.81. The predicted octanol–water partition coefficient (Wildman–Crippen LogP) is 1.98. The summed E-state index contributed by atoms with van der Waals surface area (Å²) in [5.41, 5.74) is 3.91. The van der Waals surface area contributed by atoms with Crippen LogP contribution in [0.4, 0.5) is 0 Å². The van der Waals surface area contributed by atoms with E-state index in [1.54, 1.807) is 0 Å². The van der Waals surface area contributed by atoms with Crippen LogP contribution in [0, 0.1) is 6.92 Å². The van der Waals surface area contributed by atoms with Gasteiger partial charge in [0, 0.05) is 13.1 Å². The molecule has 1 fully saturated rings. The summed E-state index contributed by atoms with van der Waals surface area (Å²) in [6.07, 6.45) is 3.36. The first-order valence-corrected chi connectivity index (χ1v) is 6.84. The summed E-state index contributed by atoms with van der Waals surface area (Å²) in [4.78, 5) is 14.4. The quantitative estimate of drug-likeness (QED) is 0.819. The molecular weight excluding hydrogens is 224 g/mol. The third-order valence-electron chi connectivity index (χ3n) is 4.00. The molecule has 3 rings (SSSR count). The van der Waals surface area contributed by atoms with Crippen molar-refractivity contribution in [2.45, 2.75) is 45.3 Å². The standard InChI is InChI=1S/C15H20N2O/c1-11-5-6-12-9-17(10-13(12)8-11)15(18)14-4-2-3-7-16-14/h5-6,8,14,16H,2-4,7,9-10H2,1H3/t14-/m0/s1. The number of piperidine rings is 1. The van der Waals surface area contributed by atoms with E-state index >= 15 is 0 Å². The van der Waals surface area contributed by atoms with Crippen molar-refractivity contribution in [3.8, 4) is 0 Å². The van der Waals surface area contributed by atoms with E-state index in [1.165, 1.54) is 29.5 Å². The van der Waals surface area contributed by atoms with Crippen LogP contribution in [-0.2, 0) is 17.9 Å². The Balaban J connectivity index is 1.71. The van der Waals surface area contributed by atoms with Gasteiger partial charge in [0.1, 0.15) is 0 Å². The maximum atomic E-state index is 12.4. The van der Waals surface area contributed by atoms with Crippen LogP contribution in [0.2, 0.25) is 0 Å². The van der Waals surface area contributed by atoms with E-state index in [2.05, 4.69) is 30.4 Å². The molecule has 0 bridgehead atoms. The Bertz CT molecular complexity index is 464. The average molecular weight is 244 g/mol. The molecule has 1 saturated heterocycles. The molecule has 1 aromatic carbocycles. The molecule has 0 unspecified atom stereocenters. The molecule has 1 atom stereocenters. The summed E-state index contributed by atoms with van der Waals surface area (Å²) in [6, 6.07) is 6.55. The molecule has 3 heteroatoms. The molecule has 0 spiro atoms. The number of nitrogens with zero attached hydrogens (tertiary/aromatic N) is 1. The molecule has 0 radical (unpaired) electrons. The lowest BCUT2D eigenvalue weighted by Gasteiger charge is -2.27. The Hall–Kier alpha value is -1.35. The van der Waals surface area contributed by atoms with Crippen molar-refractivity contribution in [2.75, 3.05) is 6.54 Å². The van der Waals surface area contributed by atoms with E-state index in [1.807, 2.05) is 4.90 Å². The topological polar surface area (TPSA) is 32.3 Å². The molecule has 1 N–H and O–H groups in total. The van der Waals surface area contributed by atoms with E-state index in [-0.39, 0.29) is 11.9 Å². The summed E-state index contributed by atoms with van der Waals surface area (Å²) < 4.78 is 0. The minimum absolute atomic E-state index is 0.0501. The van der Waals surface area contributed by atoms with Crippen LogP contribution in [0.25, 0.3) is 0 Å². The molecule has 0 saturated carbocycles. The van der Waals surface area contributed by atoms with Crippen molar-refractivity contribution in [1.29, 1.82) is 0 Å². The van der Waals surface area contributed by atoms with Gasteiger partial charge in [-0.2, -0.15) is 0 Å². The summed E-state index contributed by atoms with van der Waals surface area (Å²) in [7, 11) is 0.